The number of nitrogens with zero attached hydrogens (tertiary/aromatic N) is 1. The van der Waals surface area contributed by atoms with E-state index in [1.165, 1.54) is 24.0 Å². The van der Waals surface area contributed by atoms with E-state index in [0.717, 1.165) is 37.3 Å². The molecule has 0 unspecified atom stereocenters. The van der Waals surface area contributed by atoms with Gasteiger partial charge in [0, 0.05) is 0 Å². The molecule has 0 spiro atoms. The van der Waals surface area contributed by atoms with Crippen LogP contribution in [0.2, 0.25) is 0 Å². The van der Waals surface area contributed by atoms with E-state index in [1.807, 2.05) is 0 Å². The lowest BCUT2D eigenvalue weighted by Crippen LogP contribution is -3.00. The lowest BCUT2D eigenvalue weighted by atomic mass is 10.1. The SMILES string of the molecule is CC(C)=CCC/C(C)=C/C[N+]1(C)CCOCC1.[Cl-]. The molecule has 0 saturated carbocycles. The summed E-state index contributed by atoms with van der Waals surface area (Å²) in [4.78, 5) is 0. The average molecular weight is 274 g/mol. The molecule has 0 aromatic carbocycles. The third-order valence-corrected chi connectivity index (χ3v) is 3.52. The van der Waals surface area contributed by atoms with Crippen LogP contribution < -0.4 is 12.4 Å². The van der Waals surface area contributed by atoms with Gasteiger partial charge >= 0.3 is 0 Å². The molecular weight excluding hydrogens is 246 g/mol. The second-order valence-corrected chi connectivity index (χ2v) is 5.73. The Morgan fingerprint density at radius 2 is 1.72 bits per heavy atom. The molecule has 1 aliphatic rings. The molecule has 1 aliphatic heterocycles. The molecule has 0 aliphatic carbocycles. The second kappa shape index (κ2) is 8.73. The molecule has 1 fully saturated rings. The fraction of sp³-hybridized carbons (Fsp3) is 0.733. The Hall–Kier alpha value is -0.310. The van der Waals surface area contributed by atoms with Crippen LogP contribution >= 0.6 is 0 Å². The van der Waals surface area contributed by atoms with E-state index in [4.69, 9.17) is 4.74 Å². The van der Waals surface area contributed by atoms with E-state index in [1.54, 1.807) is 0 Å². The monoisotopic (exact) mass is 273 g/mol. The summed E-state index contributed by atoms with van der Waals surface area (Å²) in [5, 5.41) is 0. The molecule has 18 heavy (non-hydrogen) atoms. The molecule has 0 amide bonds. The third-order valence-electron chi connectivity index (χ3n) is 3.52. The molecular formula is C15H28ClNO. The van der Waals surface area contributed by atoms with Gasteiger partial charge in [0.2, 0.25) is 0 Å². The van der Waals surface area contributed by atoms with E-state index in [2.05, 4.69) is 40.0 Å². The van der Waals surface area contributed by atoms with Crippen LogP contribution in [0.15, 0.2) is 23.3 Å². The van der Waals surface area contributed by atoms with Crippen molar-refractivity contribution in [2.75, 3.05) is 39.9 Å². The molecule has 0 aromatic heterocycles. The topological polar surface area (TPSA) is 9.23 Å². The van der Waals surface area contributed by atoms with Crippen LogP contribution in [0.5, 0.6) is 0 Å². The van der Waals surface area contributed by atoms with Crippen LogP contribution in [-0.4, -0.2) is 44.4 Å². The first-order valence-electron chi connectivity index (χ1n) is 6.72. The van der Waals surface area contributed by atoms with Gasteiger partial charge in [0.1, 0.15) is 13.1 Å². The van der Waals surface area contributed by atoms with Crippen LogP contribution in [0, 0.1) is 0 Å². The highest BCUT2D eigenvalue weighted by molar-refractivity contribution is 5.02. The molecule has 0 bridgehead atoms. The number of quaternary nitrogens is 1. The molecule has 1 rings (SSSR count). The van der Waals surface area contributed by atoms with Crippen molar-refractivity contribution in [2.24, 2.45) is 0 Å². The average Bonchev–Trinajstić information content (AvgIpc) is 2.27. The van der Waals surface area contributed by atoms with Crippen LogP contribution in [0.4, 0.5) is 0 Å². The molecule has 0 N–H and O–H groups in total. The number of hydrogen-bond acceptors (Lipinski definition) is 1. The summed E-state index contributed by atoms with van der Waals surface area (Å²) in [6.45, 7) is 11.9. The summed E-state index contributed by atoms with van der Waals surface area (Å²) < 4.78 is 6.56. The molecule has 0 aromatic rings. The fourth-order valence-electron chi connectivity index (χ4n) is 2.03. The number of halogens is 1. The maximum Gasteiger partial charge on any atom is 0.102 e. The molecule has 3 heteroatoms. The Morgan fingerprint density at radius 3 is 2.28 bits per heavy atom. The Bertz CT molecular complexity index is 287. The van der Waals surface area contributed by atoms with E-state index in [9.17, 15) is 0 Å². The minimum absolute atomic E-state index is 0. The summed E-state index contributed by atoms with van der Waals surface area (Å²) in [6.07, 6.45) is 7.12. The van der Waals surface area contributed by atoms with Crippen LogP contribution in [0.3, 0.4) is 0 Å². The predicted molar refractivity (Wildman–Crippen MR) is 74.0 cm³/mol. The van der Waals surface area contributed by atoms with Gasteiger partial charge < -0.3 is 21.6 Å². The Balaban J connectivity index is 0.00000289. The summed E-state index contributed by atoms with van der Waals surface area (Å²) >= 11 is 0. The number of hydrogen-bond donors (Lipinski definition) is 0. The van der Waals surface area contributed by atoms with Gasteiger partial charge in [0.05, 0.1) is 26.8 Å². The van der Waals surface area contributed by atoms with E-state index in [0.29, 0.717) is 0 Å². The number of ether oxygens (including phenoxy) is 1. The second-order valence-electron chi connectivity index (χ2n) is 5.73. The first-order chi connectivity index (χ1) is 8.02. The minimum Gasteiger partial charge on any atom is -1.00 e. The Labute approximate surface area is 119 Å². The van der Waals surface area contributed by atoms with Crippen molar-refractivity contribution in [1.82, 2.24) is 0 Å². The predicted octanol–water partition coefficient (Wildman–Crippen LogP) is 0.160. The number of rotatable bonds is 5. The standard InChI is InChI=1S/C15H28NO.ClH/c1-14(2)6-5-7-15(3)8-9-16(4)10-12-17-13-11-16;/h6,8H,5,7,9-13H2,1-4H3;1H/q+1;/p-1/b15-8+;. The maximum atomic E-state index is 5.42. The van der Waals surface area contributed by atoms with Gasteiger partial charge in [-0.05, 0) is 39.7 Å². The maximum absolute atomic E-state index is 5.42. The normalized spacial score (nSPS) is 19.0. The molecule has 2 nitrogen and oxygen atoms in total. The van der Waals surface area contributed by atoms with Crippen molar-refractivity contribution in [3.63, 3.8) is 0 Å². The summed E-state index contributed by atoms with van der Waals surface area (Å²) in [7, 11) is 2.34. The minimum atomic E-state index is 0. The first kappa shape index (κ1) is 17.7. The van der Waals surface area contributed by atoms with Gasteiger partial charge in [-0.2, -0.15) is 0 Å². The van der Waals surface area contributed by atoms with Crippen molar-refractivity contribution in [3.05, 3.63) is 23.3 Å². The van der Waals surface area contributed by atoms with Gasteiger partial charge in [-0.1, -0.05) is 17.2 Å². The molecule has 1 saturated heterocycles. The Kier molecular flexibility index (Phi) is 8.58. The summed E-state index contributed by atoms with van der Waals surface area (Å²) in [6, 6.07) is 0. The highest BCUT2D eigenvalue weighted by Crippen LogP contribution is 2.11. The van der Waals surface area contributed by atoms with Crippen molar-refractivity contribution < 1.29 is 21.6 Å². The lowest BCUT2D eigenvalue weighted by Gasteiger charge is -2.36. The smallest absolute Gasteiger partial charge is 0.102 e. The van der Waals surface area contributed by atoms with Crippen LogP contribution in [0.25, 0.3) is 0 Å². The number of likely N-dealkylation sites (N-methyl/N-ethyl adjacent to an activating group) is 1. The zero-order valence-corrected chi connectivity index (χ0v) is 13.1. The van der Waals surface area contributed by atoms with Gasteiger partial charge in [-0.25, -0.2) is 0 Å². The molecule has 0 radical (unpaired) electrons. The fourth-order valence-corrected chi connectivity index (χ4v) is 2.03. The zero-order chi connectivity index (χ0) is 12.7. The Morgan fingerprint density at radius 1 is 1.11 bits per heavy atom. The number of allylic oxidation sites excluding steroid dienone is 3. The van der Waals surface area contributed by atoms with Crippen molar-refractivity contribution in [2.45, 2.75) is 33.6 Å². The first-order valence-corrected chi connectivity index (χ1v) is 6.72. The van der Waals surface area contributed by atoms with Crippen molar-refractivity contribution in [1.29, 1.82) is 0 Å². The zero-order valence-electron chi connectivity index (χ0n) is 12.3. The molecule has 0 atom stereocenters. The van der Waals surface area contributed by atoms with Crippen LogP contribution in [0.1, 0.15) is 33.6 Å². The highest BCUT2D eigenvalue weighted by Gasteiger charge is 2.23. The largest absolute Gasteiger partial charge is 1.00 e. The van der Waals surface area contributed by atoms with Crippen LogP contribution in [-0.2, 0) is 4.74 Å². The van der Waals surface area contributed by atoms with E-state index in [-0.39, 0.29) is 12.4 Å². The van der Waals surface area contributed by atoms with Gasteiger partial charge in [-0.3, -0.25) is 0 Å². The van der Waals surface area contributed by atoms with Crippen molar-refractivity contribution >= 4 is 0 Å². The lowest BCUT2D eigenvalue weighted by molar-refractivity contribution is -0.911. The summed E-state index contributed by atoms with van der Waals surface area (Å²) in [5.74, 6) is 0. The number of morpholine rings is 1. The van der Waals surface area contributed by atoms with Gasteiger partial charge in [0.25, 0.3) is 0 Å². The van der Waals surface area contributed by atoms with E-state index < -0.39 is 0 Å². The quantitative estimate of drug-likeness (QED) is 0.512. The third kappa shape index (κ3) is 7.20. The van der Waals surface area contributed by atoms with Gasteiger partial charge in [-0.15, -0.1) is 0 Å². The summed E-state index contributed by atoms with van der Waals surface area (Å²) in [5.41, 5.74) is 2.94. The van der Waals surface area contributed by atoms with E-state index >= 15 is 0 Å². The highest BCUT2D eigenvalue weighted by atomic mass is 35.5. The van der Waals surface area contributed by atoms with Gasteiger partial charge in [0.15, 0.2) is 0 Å². The molecule has 1 heterocycles. The molecule has 106 valence electrons. The van der Waals surface area contributed by atoms with Crippen molar-refractivity contribution in [3.8, 4) is 0 Å².